The molecule has 4 fully saturated rings. The second-order valence-corrected chi connectivity index (χ2v) is 7.26. The summed E-state index contributed by atoms with van der Waals surface area (Å²) in [5, 5.41) is 0. The Morgan fingerprint density at radius 2 is 1.53 bits per heavy atom. The molecule has 0 aliphatic heterocycles. The van der Waals surface area contributed by atoms with Gasteiger partial charge in [-0.1, -0.05) is 24.8 Å². The third-order valence-corrected chi connectivity index (χ3v) is 5.96. The lowest BCUT2D eigenvalue weighted by Gasteiger charge is -2.57. The van der Waals surface area contributed by atoms with Crippen LogP contribution in [0.1, 0.15) is 44.1 Å². The average molecular weight is 253 g/mol. The van der Waals surface area contributed by atoms with E-state index < -0.39 is 0 Å². The van der Waals surface area contributed by atoms with Crippen molar-refractivity contribution in [1.29, 1.82) is 0 Å². The number of nitrogens with two attached hydrogens (primary N) is 1. The van der Waals surface area contributed by atoms with Gasteiger partial charge in [-0.15, -0.1) is 0 Å². The van der Waals surface area contributed by atoms with E-state index in [-0.39, 0.29) is 0 Å². The molecule has 0 saturated heterocycles. The smallest absolute Gasteiger partial charge is 0.0390 e. The molecule has 1 aromatic rings. The fourth-order valence-electron chi connectivity index (χ4n) is 5.54. The molecule has 0 radical (unpaired) electrons. The number of hydrogen-bond donors (Lipinski definition) is 1. The van der Waals surface area contributed by atoms with E-state index in [2.05, 4.69) is 18.7 Å². The predicted molar refractivity (Wildman–Crippen MR) is 80.5 cm³/mol. The van der Waals surface area contributed by atoms with Crippen LogP contribution < -0.4 is 5.73 Å². The summed E-state index contributed by atoms with van der Waals surface area (Å²) in [4.78, 5) is 0. The topological polar surface area (TPSA) is 26.0 Å². The Hall–Kier alpha value is -1.24. The highest BCUT2D eigenvalue weighted by atomic mass is 14.6. The van der Waals surface area contributed by atoms with Crippen molar-refractivity contribution in [2.24, 2.45) is 23.2 Å². The highest BCUT2D eigenvalue weighted by Crippen LogP contribution is 2.64. The molecule has 4 aliphatic carbocycles. The normalized spacial score (nSPS) is 39.5. The van der Waals surface area contributed by atoms with Gasteiger partial charge in [0.2, 0.25) is 0 Å². The molecule has 100 valence electrons. The van der Waals surface area contributed by atoms with Crippen molar-refractivity contribution in [3.63, 3.8) is 0 Å². The van der Waals surface area contributed by atoms with E-state index in [0.717, 1.165) is 23.4 Å². The molecule has 1 nitrogen and oxygen atoms in total. The summed E-state index contributed by atoms with van der Waals surface area (Å²) in [6, 6.07) is 8.29. The third kappa shape index (κ3) is 1.67. The fourth-order valence-corrected chi connectivity index (χ4v) is 5.54. The van der Waals surface area contributed by atoms with E-state index >= 15 is 0 Å². The van der Waals surface area contributed by atoms with Crippen LogP contribution in [0.25, 0.3) is 5.57 Å². The Kier molecular flexibility index (Phi) is 2.36. The first-order valence-corrected chi connectivity index (χ1v) is 7.70. The van der Waals surface area contributed by atoms with Crippen molar-refractivity contribution in [3.8, 4) is 0 Å². The number of nitrogen functional groups attached to an aromatic ring is 1. The summed E-state index contributed by atoms with van der Waals surface area (Å²) >= 11 is 0. The van der Waals surface area contributed by atoms with E-state index in [0.29, 0.717) is 5.41 Å². The summed E-state index contributed by atoms with van der Waals surface area (Å²) in [6.45, 7) is 4.50. The molecule has 5 rings (SSSR count). The second kappa shape index (κ2) is 3.88. The van der Waals surface area contributed by atoms with Crippen LogP contribution in [0, 0.1) is 23.2 Å². The molecular weight excluding hydrogens is 230 g/mol. The molecule has 0 atom stereocenters. The maximum atomic E-state index is 6.18. The van der Waals surface area contributed by atoms with Gasteiger partial charge in [-0.2, -0.15) is 0 Å². The summed E-state index contributed by atoms with van der Waals surface area (Å²) in [6.07, 6.45) is 8.55. The van der Waals surface area contributed by atoms with Crippen molar-refractivity contribution in [1.82, 2.24) is 0 Å². The molecule has 0 heterocycles. The van der Waals surface area contributed by atoms with Gasteiger partial charge in [0.25, 0.3) is 0 Å². The number of para-hydroxylation sites is 1. The summed E-state index contributed by atoms with van der Waals surface area (Å²) in [5.74, 6) is 2.90. The first-order chi connectivity index (χ1) is 9.16. The van der Waals surface area contributed by atoms with Crippen molar-refractivity contribution in [3.05, 3.63) is 36.4 Å². The van der Waals surface area contributed by atoms with Crippen molar-refractivity contribution in [2.75, 3.05) is 5.73 Å². The number of benzene rings is 1. The van der Waals surface area contributed by atoms with E-state index in [4.69, 9.17) is 5.73 Å². The monoisotopic (exact) mass is 253 g/mol. The Morgan fingerprint density at radius 3 is 2.05 bits per heavy atom. The van der Waals surface area contributed by atoms with Crippen molar-refractivity contribution < 1.29 is 0 Å². The maximum absolute atomic E-state index is 6.18. The van der Waals surface area contributed by atoms with Crippen molar-refractivity contribution in [2.45, 2.75) is 38.5 Å². The quantitative estimate of drug-likeness (QED) is 0.772. The predicted octanol–water partition coefficient (Wildman–Crippen LogP) is 4.50. The SMILES string of the molecule is C=C(c1ccccc1N)C12CC3CC(CC(C3)C1)C2. The van der Waals surface area contributed by atoms with Crippen LogP contribution in [0.15, 0.2) is 30.8 Å². The van der Waals surface area contributed by atoms with E-state index in [9.17, 15) is 0 Å². The van der Waals surface area contributed by atoms with Gasteiger partial charge in [-0.05, 0) is 73.3 Å². The van der Waals surface area contributed by atoms with Crippen LogP contribution in [0.4, 0.5) is 5.69 Å². The molecule has 4 bridgehead atoms. The zero-order chi connectivity index (χ0) is 13.0. The minimum absolute atomic E-state index is 0.379. The van der Waals surface area contributed by atoms with Gasteiger partial charge < -0.3 is 5.73 Å². The molecule has 19 heavy (non-hydrogen) atoms. The highest BCUT2D eigenvalue weighted by Gasteiger charge is 2.52. The lowest BCUT2D eigenvalue weighted by molar-refractivity contribution is -0.0176. The Morgan fingerprint density at radius 1 is 1.00 bits per heavy atom. The van der Waals surface area contributed by atoms with Gasteiger partial charge in [0.05, 0.1) is 0 Å². The molecule has 1 heteroatoms. The van der Waals surface area contributed by atoms with E-state index in [1.54, 1.807) is 0 Å². The molecule has 0 spiro atoms. The summed E-state index contributed by atoms with van der Waals surface area (Å²) in [5.41, 5.74) is 10.0. The van der Waals surface area contributed by atoms with Gasteiger partial charge in [0, 0.05) is 11.3 Å². The first kappa shape index (κ1) is 11.6. The van der Waals surface area contributed by atoms with Crippen LogP contribution in [0.5, 0.6) is 0 Å². The Bertz CT molecular complexity index is 493. The fraction of sp³-hybridized carbons (Fsp3) is 0.556. The Labute approximate surface area is 115 Å². The molecule has 0 amide bonds. The second-order valence-electron chi connectivity index (χ2n) is 7.26. The molecular formula is C18H23N. The first-order valence-electron chi connectivity index (χ1n) is 7.70. The minimum atomic E-state index is 0.379. The van der Waals surface area contributed by atoms with Crippen molar-refractivity contribution >= 4 is 11.3 Å². The zero-order valence-electron chi connectivity index (χ0n) is 11.6. The largest absolute Gasteiger partial charge is 0.398 e. The summed E-state index contributed by atoms with van der Waals surface area (Å²) < 4.78 is 0. The van der Waals surface area contributed by atoms with E-state index in [1.807, 2.05) is 12.1 Å². The minimum Gasteiger partial charge on any atom is -0.398 e. The highest BCUT2D eigenvalue weighted by molar-refractivity contribution is 5.77. The molecule has 2 N–H and O–H groups in total. The number of rotatable bonds is 2. The van der Waals surface area contributed by atoms with Gasteiger partial charge in [0.15, 0.2) is 0 Å². The summed E-state index contributed by atoms with van der Waals surface area (Å²) in [7, 11) is 0. The number of hydrogen-bond acceptors (Lipinski definition) is 1. The standard InChI is InChI=1S/C18H23N/c1-12(16-4-2-3-5-17(16)19)18-9-13-6-14(10-18)8-15(7-13)11-18/h2-5,13-15H,1,6-11,19H2. The van der Waals surface area contributed by atoms with Crippen LogP contribution in [-0.4, -0.2) is 0 Å². The Balaban J connectivity index is 1.72. The van der Waals surface area contributed by atoms with Crippen LogP contribution >= 0.6 is 0 Å². The van der Waals surface area contributed by atoms with Gasteiger partial charge in [-0.25, -0.2) is 0 Å². The number of anilines is 1. The average Bonchev–Trinajstić information content (AvgIpc) is 2.37. The van der Waals surface area contributed by atoms with Gasteiger partial charge >= 0.3 is 0 Å². The van der Waals surface area contributed by atoms with Crippen LogP contribution in [-0.2, 0) is 0 Å². The molecule has 0 unspecified atom stereocenters. The maximum Gasteiger partial charge on any atom is 0.0390 e. The van der Waals surface area contributed by atoms with Gasteiger partial charge in [0.1, 0.15) is 0 Å². The van der Waals surface area contributed by atoms with E-state index in [1.165, 1.54) is 49.7 Å². The molecule has 4 aliphatic rings. The number of allylic oxidation sites excluding steroid dienone is 1. The zero-order valence-corrected chi connectivity index (χ0v) is 11.6. The lowest BCUT2D eigenvalue weighted by atomic mass is 9.47. The third-order valence-electron chi connectivity index (χ3n) is 5.96. The molecule has 1 aromatic carbocycles. The molecule has 0 aromatic heterocycles. The molecule has 4 saturated carbocycles. The van der Waals surface area contributed by atoms with Gasteiger partial charge in [-0.3, -0.25) is 0 Å². The van der Waals surface area contributed by atoms with Crippen LogP contribution in [0.2, 0.25) is 0 Å². The van der Waals surface area contributed by atoms with Crippen LogP contribution in [0.3, 0.4) is 0 Å². The lowest BCUT2D eigenvalue weighted by Crippen LogP contribution is -2.46.